The molecule has 0 unspecified atom stereocenters. The normalized spacial score (nSPS) is 18.2. The number of carbonyl (C=O) groups is 1. The Labute approximate surface area is 159 Å². The Morgan fingerprint density at radius 1 is 1.15 bits per heavy atom. The van der Waals surface area contributed by atoms with Crippen LogP contribution >= 0.6 is 0 Å². The molecule has 0 saturated carbocycles. The Morgan fingerprint density at radius 2 is 1.85 bits per heavy atom. The quantitative estimate of drug-likeness (QED) is 0.333. The maximum Gasteiger partial charge on any atom is 0.293 e. The number of amides is 1. The van der Waals surface area contributed by atoms with Gasteiger partial charge in [-0.1, -0.05) is 12.1 Å². The van der Waals surface area contributed by atoms with Gasteiger partial charge in [0.05, 0.1) is 4.92 Å². The van der Waals surface area contributed by atoms with E-state index in [-0.39, 0.29) is 16.5 Å². The molecule has 0 atom stereocenters. The third kappa shape index (κ3) is 4.74. The lowest BCUT2D eigenvalue weighted by molar-refractivity contribution is -0.384. The van der Waals surface area contributed by atoms with Crippen LogP contribution in [0.25, 0.3) is 6.08 Å². The average molecular weight is 370 g/mol. The second kappa shape index (κ2) is 8.81. The molecule has 2 saturated heterocycles. The molecule has 0 bridgehead atoms. The van der Waals surface area contributed by atoms with E-state index in [4.69, 9.17) is 0 Å². The lowest BCUT2D eigenvalue weighted by Gasteiger charge is -2.33. The molecular weight excluding hydrogens is 344 g/mol. The highest BCUT2D eigenvalue weighted by Crippen LogP contribution is 2.32. The molecule has 144 valence electrons. The van der Waals surface area contributed by atoms with E-state index in [9.17, 15) is 14.9 Å². The van der Waals surface area contributed by atoms with Crippen molar-refractivity contribution in [3.05, 3.63) is 52.6 Å². The van der Waals surface area contributed by atoms with E-state index in [2.05, 4.69) is 16.4 Å². The fourth-order valence-corrected chi connectivity index (χ4v) is 3.62. The maximum atomic E-state index is 12.4. The standard InChI is InChI=1S/C20H26N4O3/c1-2-9-21-12-14-23(15-13-21)20(25)8-6-17-5-7-18(19(16-17)24(26)27)22-10-3-4-11-22/h2,5-8,16H,1,3-4,9-15H2/b8-6+. The first kappa shape index (κ1) is 19.1. The Bertz CT molecular complexity index is 733. The topological polar surface area (TPSA) is 69.9 Å². The van der Waals surface area contributed by atoms with Crippen LogP contribution < -0.4 is 4.90 Å². The summed E-state index contributed by atoms with van der Waals surface area (Å²) in [6, 6.07) is 5.19. The maximum absolute atomic E-state index is 12.4. The number of carbonyl (C=O) groups excluding carboxylic acids is 1. The van der Waals surface area contributed by atoms with Gasteiger partial charge >= 0.3 is 0 Å². The van der Waals surface area contributed by atoms with Gasteiger partial charge < -0.3 is 9.80 Å². The van der Waals surface area contributed by atoms with Crippen molar-refractivity contribution >= 4 is 23.4 Å². The van der Waals surface area contributed by atoms with Crippen LogP contribution in [-0.2, 0) is 4.79 Å². The summed E-state index contributed by atoms with van der Waals surface area (Å²) in [7, 11) is 0. The molecule has 2 fully saturated rings. The first-order valence-electron chi connectivity index (χ1n) is 9.42. The van der Waals surface area contributed by atoms with Gasteiger partial charge in [0, 0.05) is 58.0 Å². The van der Waals surface area contributed by atoms with Crippen molar-refractivity contribution < 1.29 is 9.72 Å². The molecule has 2 aliphatic rings. The van der Waals surface area contributed by atoms with Gasteiger partial charge in [-0.25, -0.2) is 0 Å². The van der Waals surface area contributed by atoms with Crippen LogP contribution in [0.5, 0.6) is 0 Å². The van der Waals surface area contributed by atoms with Gasteiger partial charge in [-0.15, -0.1) is 6.58 Å². The van der Waals surface area contributed by atoms with E-state index in [0.29, 0.717) is 24.3 Å². The van der Waals surface area contributed by atoms with Gasteiger partial charge in [0.1, 0.15) is 5.69 Å². The predicted octanol–water partition coefficient (Wildman–Crippen LogP) is 2.54. The summed E-state index contributed by atoms with van der Waals surface area (Å²) in [6.45, 7) is 9.32. The van der Waals surface area contributed by atoms with Gasteiger partial charge in [-0.05, 0) is 30.5 Å². The zero-order valence-electron chi connectivity index (χ0n) is 15.5. The fraction of sp³-hybridized carbons (Fsp3) is 0.450. The highest BCUT2D eigenvalue weighted by molar-refractivity contribution is 5.92. The minimum Gasteiger partial charge on any atom is -0.366 e. The predicted molar refractivity (Wildman–Crippen MR) is 107 cm³/mol. The van der Waals surface area contributed by atoms with Crippen LogP contribution in [0.4, 0.5) is 11.4 Å². The molecule has 7 heteroatoms. The van der Waals surface area contributed by atoms with E-state index in [0.717, 1.165) is 45.6 Å². The SMILES string of the molecule is C=CCN1CCN(C(=O)/C=C/c2ccc(N3CCCC3)c([N+](=O)[O-])c2)CC1. The zero-order valence-corrected chi connectivity index (χ0v) is 15.5. The second-order valence-corrected chi connectivity index (χ2v) is 6.95. The molecule has 0 N–H and O–H groups in total. The largest absolute Gasteiger partial charge is 0.366 e. The Balaban J connectivity index is 1.66. The number of nitrogens with zero attached hydrogens (tertiary/aromatic N) is 4. The third-order valence-electron chi connectivity index (χ3n) is 5.13. The van der Waals surface area contributed by atoms with Crippen molar-refractivity contribution in [3.8, 4) is 0 Å². The van der Waals surface area contributed by atoms with Gasteiger partial charge in [-0.3, -0.25) is 19.8 Å². The molecule has 0 spiro atoms. The van der Waals surface area contributed by atoms with Crippen molar-refractivity contribution in [2.24, 2.45) is 0 Å². The highest BCUT2D eigenvalue weighted by atomic mass is 16.6. The van der Waals surface area contributed by atoms with Crippen LogP contribution in [0.3, 0.4) is 0 Å². The molecule has 27 heavy (non-hydrogen) atoms. The summed E-state index contributed by atoms with van der Waals surface area (Å²) >= 11 is 0. The first-order chi connectivity index (χ1) is 13.1. The molecular formula is C20H26N4O3. The lowest BCUT2D eigenvalue weighted by atomic mass is 10.1. The van der Waals surface area contributed by atoms with Crippen molar-refractivity contribution in [1.29, 1.82) is 0 Å². The summed E-state index contributed by atoms with van der Waals surface area (Å²) in [6.07, 6.45) is 7.17. The van der Waals surface area contributed by atoms with E-state index >= 15 is 0 Å². The van der Waals surface area contributed by atoms with Gasteiger partial charge in [0.25, 0.3) is 5.69 Å². The molecule has 3 rings (SSSR count). The number of anilines is 1. The fourth-order valence-electron chi connectivity index (χ4n) is 3.62. The minimum atomic E-state index is -0.342. The molecule has 2 heterocycles. The van der Waals surface area contributed by atoms with E-state index in [1.54, 1.807) is 18.2 Å². The van der Waals surface area contributed by atoms with Crippen LogP contribution in [0.15, 0.2) is 36.9 Å². The number of rotatable bonds is 6. The summed E-state index contributed by atoms with van der Waals surface area (Å²) in [4.78, 5) is 29.6. The van der Waals surface area contributed by atoms with Gasteiger partial charge in [-0.2, -0.15) is 0 Å². The second-order valence-electron chi connectivity index (χ2n) is 6.95. The number of hydrogen-bond donors (Lipinski definition) is 0. The van der Waals surface area contributed by atoms with Crippen molar-refractivity contribution in [2.45, 2.75) is 12.8 Å². The van der Waals surface area contributed by atoms with Gasteiger partial charge in [0.15, 0.2) is 0 Å². The summed E-state index contributed by atoms with van der Waals surface area (Å²) in [5, 5.41) is 11.5. The molecule has 0 aromatic heterocycles. The number of benzene rings is 1. The molecule has 1 aromatic rings. The molecule has 1 aromatic carbocycles. The van der Waals surface area contributed by atoms with E-state index in [1.807, 2.05) is 17.0 Å². The Morgan fingerprint density at radius 3 is 2.48 bits per heavy atom. The first-order valence-corrected chi connectivity index (χ1v) is 9.42. The zero-order chi connectivity index (χ0) is 19.2. The monoisotopic (exact) mass is 370 g/mol. The molecule has 2 aliphatic heterocycles. The molecule has 0 radical (unpaired) electrons. The van der Waals surface area contributed by atoms with Crippen LogP contribution in [0, 0.1) is 10.1 Å². The smallest absolute Gasteiger partial charge is 0.293 e. The number of hydrogen-bond acceptors (Lipinski definition) is 5. The lowest BCUT2D eigenvalue weighted by Crippen LogP contribution is -2.48. The third-order valence-corrected chi connectivity index (χ3v) is 5.13. The number of nitro groups is 1. The summed E-state index contributed by atoms with van der Waals surface area (Å²) in [5.74, 6) is -0.0560. The average Bonchev–Trinajstić information content (AvgIpc) is 3.21. The highest BCUT2D eigenvalue weighted by Gasteiger charge is 2.22. The Kier molecular flexibility index (Phi) is 6.24. The van der Waals surface area contributed by atoms with E-state index < -0.39 is 0 Å². The molecule has 7 nitrogen and oxygen atoms in total. The summed E-state index contributed by atoms with van der Waals surface area (Å²) in [5.41, 5.74) is 1.44. The van der Waals surface area contributed by atoms with Crippen LogP contribution in [0.1, 0.15) is 18.4 Å². The van der Waals surface area contributed by atoms with E-state index in [1.165, 1.54) is 6.08 Å². The van der Waals surface area contributed by atoms with Crippen LogP contribution in [-0.4, -0.2) is 66.4 Å². The van der Waals surface area contributed by atoms with Crippen molar-refractivity contribution in [2.75, 3.05) is 50.7 Å². The van der Waals surface area contributed by atoms with Crippen LogP contribution in [0.2, 0.25) is 0 Å². The van der Waals surface area contributed by atoms with Crippen molar-refractivity contribution in [1.82, 2.24) is 9.80 Å². The number of nitro benzene ring substituents is 1. The van der Waals surface area contributed by atoms with Gasteiger partial charge in [0.2, 0.25) is 5.91 Å². The molecule has 1 amide bonds. The molecule has 0 aliphatic carbocycles. The Hall–Kier alpha value is -2.67. The summed E-state index contributed by atoms with van der Waals surface area (Å²) < 4.78 is 0. The minimum absolute atomic E-state index is 0.0560. The number of piperazine rings is 1. The van der Waals surface area contributed by atoms with Crippen molar-refractivity contribution in [3.63, 3.8) is 0 Å².